The third-order valence-corrected chi connectivity index (χ3v) is 3.36. The summed E-state index contributed by atoms with van der Waals surface area (Å²) < 4.78 is 0.804. The number of hydrogen-bond acceptors (Lipinski definition) is 4. The summed E-state index contributed by atoms with van der Waals surface area (Å²) in [5, 5.41) is 14.2. The number of thiazole rings is 1. The second kappa shape index (κ2) is 5.10. The Balaban J connectivity index is 2.16. The lowest BCUT2D eigenvalue weighted by atomic mass is 10.2. The van der Waals surface area contributed by atoms with Crippen molar-refractivity contribution < 1.29 is 0 Å². The van der Waals surface area contributed by atoms with Crippen molar-refractivity contribution in [3.05, 3.63) is 44.8 Å². The summed E-state index contributed by atoms with van der Waals surface area (Å²) in [5.74, 6) is 0. The van der Waals surface area contributed by atoms with Crippen LogP contribution in [0.5, 0.6) is 0 Å². The maximum atomic E-state index is 9.02. The van der Waals surface area contributed by atoms with Crippen molar-refractivity contribution in [2.45, 2.75) is 6.54 Å². The minimum atomic E-state index is 0.623. The summed E-state index contributed by atoms with van der Waals surface area (Å²) in [7, 11) is 0. The summed E-state index contributed by atoms with van der Waals surface area (Å²) in [6, 6.07) is 7.80. The quantitative estimate of drug-likeness (QED) is 0.944. The molecule has 0 aliphatic carbocycles. The van der Waals surface area contributed by atoms with E-state index in [1.807, 2.05) is 23.6 Å². The largest absolute Gasteiger partial charge is 0.378 e. The topological polar surface area (TPSA) is 48.7 Å². The molecule has 0 aliphatic heterocycles. The van der Waals surface area contributed by atoms with Gasteiger partial charge < -0.3 is 5.32 Å². The molecule has 1 aromatic carbocycles. The normalized spacial score (nSPS) is 9.75. The van der Waals surface area contributed by atoms with Gasteiger partial charge in [-0.3, -0.25) is 0 Å². The molecule has 16 heavy (non-hydrogen) atoms. The number of rotatable bonds is 3. The van der Waals surface area contributed by atoms with E-state index in [1.54, 1.807) is 16.8 Å². The number of aromatic nitrogens is 1. The number of nitrogens with zero attached hydrogens (tertiary/aromatic N) is 2. The molecule has 0 saturated carbocycles. The Labute approximate surface area is 106 Å². The van der Waals surface area contributed by atoms with Crippen LogP contribution in [0.25, 0.3) is 0 Å². The highest BCUT2D eigenvalue weighted by Gasteiger charge is 2.05. The molecule has 0 saturated heterocycles. The monoisotopic (exact) mass is 293 g/mol. The predicted octanol–water partition coefficient (Wildman–Crippen LogP) is 3.39. The molecule has 2 rings (SSSR count). The molecule has 2 aromatic rings. The van der Waals surface area contributed by atoms with Crippen LogP contribution >= 0.6 is 27.3 Å². The fourth-order valence-electron chi connectivity index (χ4n) is 1.30. The van der Waals surface area contributed by atoms with Gasteiger partial charge in [-0.05, 0) is 28.1 Å². The van der Waals surface area contributed by atoms with Crippen molar-refractivity contribution >= 4 is 33.0 Å². The lowest BCUT2D eigenvalue weighted by molar-refractivity contribution is 1.07. The molecular formula is C11H8BrN3S. The highest BCUT2D eigenvalue weighted by Crippen LogP contribution is 2.24. The molecule has 1 N–H and O–H groups in total. The van der Waals surface area contributed by atoms with Gasteiger partial charge in [0.2, 0.25) is 0 Å². The van der Waals surface area contributed by atoms with E-state index in [0.717, 1.165) is 15.9 Å². The molecule has 1 heterocycles. The van der Waals surface area contributed by atoms with Crippen LogP contribution in [-0.2, 0) is 6.54 Å². The number of benzene rings is 1. The summed E-state index contributed by atoms with van der Waals surface area (Å²) in [6.07, 6.45) is 0. The molecule has 5 heteroatoms. The van der Waals surface area contributed by atoms with Gasteiger partial charge in [0.1, 0.15) is 6.07 Å². The lowest BCUT2D eigenvalue weighted by Gasteiger charge is -2.07. The summed E-state index contributed by atoms with van der Waals surface area (Å²) in [6.45, 7) is 0.634. The Morgan fingerprint density at radius 1 is 1.50 bits per heavy atom. The summed E-state index contributed by atoms with van der Waals surface area (Å²) >= 11 is 4.91. The van der Waals surface area contributed by atoms with Gasteiger partial charge in [0.15, 0.2) is 0 Å². The van der Waals surface area contributed by atoms with Crippen LogP contribution in [0.15, 0.2) is 33.6 Å². The number of nitriles is 1. The standard InChI is InChI=1S/C11H8BrN3S/c12-10-2-1-3-11(9(10)4-13)14-5-8-6-16-7-15-8/h1-3,6-7,14H,5H2. The second-order valence-corrected chi connectivity index (χ2v) is 4.68. The maximum Gasteiger partial charge on any atom is 0.103 e. The number of anilines is 1. The van der Waals surface area contributed by atoms with E-state index >= 15 is 0 Å². The molecule has 0 atom stereocenters. The first-order valence-corrected chi connectivity index (χ1v) is 6.34. The van der Waals surface area contributed by atoms with Gasteiger partial charge in [-0.25, -0.2) is 4.98 Å². The van der Waals surface area contributed by atoms with Crippen LogP contribution in [-0.4, -0.2) is 4.98 Å². The van der Waals surface area contributed by atoms with Crippen LogP contribution < -0.4 is 5.32 Å². The van der Waals surface area contributed by atoms with E-state index in [4.69, 9.17) is 5.26 Å². The molecule has 0 bridgehead atoms. The molecule has 0 aliphatic rings. The Bertz CT molecular complexity index is 517. The summed E-state index contributed by atoms with van der Waals surface area (Å²) in [4.78, 5) is 4.17. The molecule has 0 amide bonds. The van der Waals surface area contributed by atoms with Gasteiger partial charge in [-0.15, -0.1) is 11.3 Å². The molecular weight excluding hydrogens is 286 g/mol. The molecule has 1 aromatic heterocycles. The Morgan fingerprint density at radius 2 is 2.38 bits per heavy atom. The van der Waals surface area contributed by atoms with Crippen LogP contribution in [0.3, 0.4) is 0 Å². The van der Waals surface area contributed by atoms with Crippen molar-refractivity contribution in [1.82, 2.24) is 4.98 Å². The minimum Gasteiger partial charge on any atom is -0.378 e. The van der Waals surface area contributed by atoms with E-state index in [1.165, 1.54) is 0 Å². The van der Waals surface area contributed by atoms with Gasteiger partial charge in [-0.2, -0.15) is 5.26 Å². The molecule has 80 valence electrons. The predicted molar refractivity (Wildman–Crippen MR) is 68.3 cm³/mol. The molecule has 0 fully saturated rings. The van der Waals surface area contributed by atoms with Gasteiger partial charge in [0.05, 0.1) is 29.0 Å². The van der Waals surface area contributed by atoms with Crippen LogP contribution in [0.1, 0.15) is 11.3 Å². The third kappa shape index (κ3) is 2.40. The summed E-state index contributed by atoms with van der Waals surface area (Å²) in [5.41, 5.74) is 4.22. The molecule has 0 unspecified atom stereocenters. The first kappa shape index (κ1) is 11.1. The van der Waals surface area contributed by atoms with Gasteiger partial charge in [0.25, 0.3) is 0 Å². The number of nitrogens with one attached hydrogen (secondary N) is 1. The van der Waals surface area contributed by atoms with Crippen molar-refractivity contribution in [1.29, 1.82) is 5.26 Å². The fourth-order valence-corrected chi connectivity index (χ4v) is 2.31. The van der Waals surface area contributed by atoms with Crippen molar-refractivity contribution in [2.24, 2.45) is 0 Å². The fraction of sp³-hybridized carbons (Fsp3) is 0.0909. The van der Waals surface area contributed by atoms with Crippen LogP contribution in [0.4, 0.5) is 5.69 Å². The Morgan fingerprint density at radius 3 is 3.06 bits per heavy atom. The Kier molecular flexibility index (Phi) is 3.54. The zero-order valence-corrected chi connectivity index (χ0v) is 10.7. The molecule has 0 radical (unpaired) electrons. The second-order valence-electron chi connectivity index (χ2n) is 3.11. The number of hydrogen-bond donors (Lipinski definition) is 1. The smallest absolute Gasteiger partial charge is 0.103 e. The zero-order chi connectivity index (χ0) is 11.4. The average molecular weight is 294 g/mol. The highest BCUT2D eigenvalue weighted by atomic mass is 79.9. The van der Waals surface area contributed by atoms with Crippen LogP contribution in [0.2, 0.25) is 0 Å². The van der Waals surface area contributed by atoms with Gasteiger partial charge in [0, 0.05) is 9.85 Å². The number of halogens is 1. The van der Waals surface area contributed by atoms with Gasteiger partial charge >= 0.3 is 0 Å². The van der Waals surface area contributed by atoms with E-state index in [0.29, 0.717) is 12.1 Å². The third-order valence-electron chi connectivity index (χ3n) is 2.07. The van der Waals surface area contributed by atoms with Crippen LogP contribution in [0, 0.1) is 11.3 Å². The zero-order valence-electron chi connectivity index (χ0n) is 8.27. The van der Waals surface area contributed by atoms with Crippen molar-refractivity contribution in [3.8, 4) is 6.07 Å². The van der Waals surface area contributed by atoms with Gasteiger partial charge in [-0.1, -0.05) is 6.07 Å². The Hall–Kier alpha value is -1.38. The van der Waals surface area contributed by atoms with Crippen molar-refractivity contribution in [2.75, 3.05) is 5.32 Å². The van der Waals surface area contributed by atoms with E-state index in [9.17, 15) is 0 Å². The SMILES string of the molecule is N#Cc1c(Br)cccc1NCc1cscn1. The maximum absolute atomic E-state index is 9.02. The highest BCUT2D eigenvalue weighted by molar-refractivity contribution is 9.10. The first-order chi connectivity index (χ1) is 7.81. The van der Waals surface area contributed by atoms with E-state index < -0.39 is 0 Å². The average Bonchev–Trinajstić information content (AvgIpc) is 2.79. The molecule has 3 nitrogen and oxygen atoms in total. The van der Waals surface area contributed by atoms with E-state index in [-0.39, 0.29) is 0 Å². The van der Waals surface area contributed by atoms with E-state index in [2.05, 4.69) is 32.3 Å². The molecule has 0 spiro atoms. The lowest BCUT2D eigenvalue weighted by Crippen LogP contribution is -2.01. The van der Waals surface area contributed by atoms with Crippen molar-refractivity contribution in [3.63, 3.8) is 0 Å². The first-order valence-electron chi connectivity index (χ1n) is 4.61. The minimum absolute atomic E-state index is 0.623.